The van der Waals surface area contributed by atoms with Gasteiger partial charge in [-0.25, -0.2) is 0 Å². The van der Waals surface area contributed by atoms with E-state index in [1.54, 1.807) is 29.5 Å². The van der Waals surface area contributed by atoms with Gasteiger partial charge in [-0.3, -0.25) is 9.79 Å². The predicted molar refractivity (Wildman–Crippen MR) is 118 cm³/mol. The Labute approximate surface area is 175 Å². The topological polar surface area (TPSA) is 60.0 Å². The number of carbonyl (C=O) groups is 1. The molecule has 3 rings (SSSR count). The van der Waals surface area contributed by atoms with E-state index in [0.29, 0.717) is 23.7 Å². The van der Waals surface area contributed by atoms with Crippen LogP contribution in [-0.4, -0.2) is 62.6 Å². The molecule has 1 aliphatic rings. The van der Waals surface area contributed by atoms with E-state index >= 15 is 0 Å². The van der Waals surface area contributed by atoms with Crippen LogP contribution in [0.3, 0.4) is 0 Å². The zero-order valence-electron chi connectivity index (χ0n) is 16.0. The summed E-state index contributed by atoms with van der Waals surface area (Å²) in [4.78, 5) is 21.6. The first-order chi connectivity index (χ1) is 13.7. The van der Waals surface area contributed by atoms with Gasteiger partial charge < -0.3 is 20.4 Å². The molecule has 28 heavy (non-hydrogen) atoms. The van der Waals surface area contributed by atoms with Crippen LogP contribution in [0.1, 0.15) is 17.3 Å². The lowest BCUT2D eigenvalue weighted by molar-refractivity contribution is 0.0955. The lowest BCUT2D eigenvalue weighted by atomic mass is 10.2. The maximum Gasteiger partial charge on any atom is 0.252 e. The molecule has 1 fully saturated rings. The number of piperazine rings is 1. The Morgan fingerprint density at radius 1 is 1.14 bits per heavy atom. The Hall–Kier alpha value is -2.25. The van der Waals surface area contributed by atoms with Gasteiger partial charge in [0.1, 0.15) is 0 Å². The van der Waals surface area contributed by atoms with Gasteiger partial charge in [0.2, 0.25) is 0 Å². The fraction of sp³-hybridized carbons (Fsp3) is 0.400. The van der Waals surface area contributed by atoms with Gasteiger partial charge in [-0.1, -0.05) is 23.7 Å². The summed E-state index contributed by atoms with van der Waals surface area (Å²) in [5, 5.41) is 10.1. The van der Waals surface area contributed by atoms with E-state index in [-0.39, 0.29) is 5.91 Å². The highest BCUT2D eigenvalue weighted by atomic mass is 35.5. The fourth-order valence-corrected chi connectivity index (χ4v) is 4.09. The summed E-state index contributed by atoms with van der Waals surface area (Å²) < 4.78 is 0. The second-order valence-electron chi connectivity index (χ2n) is 6.40. The molecule has 6 nitrogen and oxygen atoms in total. The van der Waals surface area contributed by atoms with Crippen molar-refractivity contribution in [3.05, 3.63) is 52.4 Å². The number of guanidine groups is 1. The van der Waals surface area contributed by atoms with E-state index in [9.17, 15) is 4.79 Å². The Kier molecular flexibility index (Phi) is 7.56. The molecule has 0 spiro atoms. The maximum atomic E-state index is 12.2. The summed E-state index contributed by atoms with van der Waals surface area (Å²) >= 11 is 7.85. The number of anilines is 1. The van der Waals surface area contributed by atoms with Gasteiger partial charge in [0, 0.05) is 39.3 Å². The maximum absolute atomic E-state index is 12.2. The van der Waals surface area contributed by atoms with Crippen LogP contribution in [0.15, 0.2) is 46.8 Å². The summed E-state index contributed by atoms with van der Waals surface area (Å²) in [5.74, 6) is 0.732. The molecule has 0 unspecified atom stereocenters. The molecule has 0 atom stereocenters. The standard InChI is InChI=1S/C20H26ClN5OS/c1-2-22-20(26-13-11-25(12-14-26)18-8-5-15-28-18)24-10-9-23-19(27)16-6-3-4-7-17(16)21/h3-8,15H,2,9-14H2,1H3,(H,22,24)(H,23,27). The Bertz CT molecular complexity index is 788. The number of benzene rings is 1. The number of aliphatic imine (C=N–C) groups is 1. The van der Waals surface area contributed by atoms with Crippen LogP contribution in [0.25, 0.3) is 0 Å². The van der Waals surface area contributed by atoms with E-state index in [1.807, 2.05) is 6.07 Å². The van der Waals surface area contributed by atoms with Gasteiger partial charge in [-0.15, -0.1) is 11.3 Å². The number of halogens is 1. The molecular formula is C20H26ClN5OS. The molecule has 1 aromatic heterocycles. The molecule has 8 heteroatoms. The average molecular weight is 420 g/mol. The molecule has 1 aromatic carbocycles. The smallest absolute Gasteiger partial charge is 0.252 e. The first-order valence-corrected chi connectivity index (χ1v) is 10.8. The van der Waals surface area contributed by atoms with Crippen molar-refractivity contribution >= 4 is 39.8 Å². The summed E-state index contributed by atoms with van der Waals surface area (Å²) in [6.45, 7) is 7.68. The molecule has 1 saturated heterocycles. The van der Waals surface area contributed by atoms with Gasteiger partial charge >= 0.3 is 0 Å². The van der Waals surface area contributed by atoms with E-state index in [1.165, 1.54) is 5.00 Å². The largest absolute Gasteiger partial charge is 0.360 e. The summed E-state index contributed by atoms with van der Waals surface area (Å²) in [6.07, 6.45) is 0. The third kappa shape index (κ3) is 5.39. The van der Waals surface area contributed by atoms with Crippen LogP contribution in [0, 0.1) is 0 Å². The van der Waals surface area contributed by atoms with Gasteiger partial charge in [0.25, 0.3) is 5.91 Å². The van der Waals surface area contributed by atoms with Crippen molar-refractivity contribution in [2.24, 2.45) is 4.99 Å². The lowest BCUT2D eigenvalue weighted by Gasteiger charge is -2.37. The molecule has 0 bridgehead atoms. The molecule has 1 amide bonds. The lowest BCUT2D eigenvalue weighted by Crippen LogP contribution is -2.52. The van der Waals surface area contributed by atoms with Crippen molar-refractivity contribution in [1.29, 1.82) is 0 Å². The van der Waals surface area contributed by atoms with Crippen molar-refractivity contribution in [3.63, 3.8) is 0 Å². The van der Waals surface area contributed by atoms with E-state index in [0.717, 1.165) is 38.7 Å². The van der Waals surface area contributed by atoms with Crippen LogP contribution in [0.5, 0.6) is 0 Å². The Morgan fingerprint density at radius 3 is 2.61 bits per heavy atom. The number of rotatable bonds is 6. The predicted octanol–water partition coefficient (Wildman–Crippen LogP) is 2.92. The van der Waals surface area contributed by atoms with Crippen LogP contribution in [0.2, 0.25) is 5.02 Å². The average Bonchev–Trinajstić information content (AvgIpc) is 3.25. The van der Waals surface area contributed by atoms with Crippen molar-refractivity contribution in [1.82, 2.24) is 15.5 Å². The zero-order chi connectivity index (χ0) is 19.8. The number of nitrogens with zero attached hydrogens (tertiary/aromatic N) is 3. The fourth-order valence-electron chi connectivity index (χ4n) is 3.09. The minimum absolute atomic E-state index is 0.171. The van der Waals surface area contributed by atoms with Crippen molar-refractivity contribution in [3.8, 4) is 0 Å². The van der Waals surface area contributed by atoms with Gasteiger partial charge in [-0.05, 0) is 36.6 Å². The third-order valence-corrected chi connectivity index (χ3v) is 5.77. The van der Waals surface area contributed by atoms with Crippen molar-refractivity contribution in [2.75, 3.05) is 50.7 Å². The molecule has 0 saturated carbocycles. The van der Waals surface area contributed by atoms with Crippen LogP contribution in [0.4, 0.5) is 5.00 Å². The minimum Gasteiger partial charge on any atom is -0.360 e. The summed E-state index contributed by atoms with van der Waals surface area (Å²) in [6, 6.07) is 11.3. The van der Waals surface area contributed by atoms with Crippen molar-refractivity contribution < 1.29 is 4.79 Å². The monoisotopic (exact) mass is 419 g/mol. The second-order valence-corrected chi connectivity index (χ2v) is 7.73. The van der Waals surface area contributed by atoms with Gasteiger partial charge in [-0.2, -0.15) is 0 Å². The Balaban J connectivity index is 1.49. The number of amides is 1. The number of hydrogen-bond acceptors (Lipinski definition) is 4. The Morgan fingerprint density at radius 2 is 1.93 bits per heavy atom. The minimum atomic E-state index is -0.171. The number of hydrogen-bond donors (Lipinski definition) is 2. The van der Waals surface area contributed by atoms with Crippen LogP contribution in [-0.2, 0) is 0 Å². The van der Waals surface area contributed by atoms with Crippen LogP contribution >= 0.6 is 22.9 Å². The SMILES string of the molecule is CCNC(=NCCNC(=O)c1ccccc1Cl)N1CCN(c2cccs2)CC1. The second kappa shape index (κ2) is 10.3. The van der Waals surface area contributed by atoms with Crippen molar-refractivity contribution in [2.45, 2.75) is 6.92 Å². The number of thiophene rings is 1. The number of carbonyl (C=O) groups excluding carboxylic acids is 1. The molecular weight excluding hydrogens is 394 g/mol. The molecule has 0 radical (unpaired) electrons. The highest BCUT2D eigenvalue weighted by Gasteiger charge is 2.20. The highest BCUT2D eigenvalue weighted by molar-refractivity contribution is 7.14. The first kappa shape index (κ1) is 20.5. The zero-order valence-corrected chi connectivity index (χ0v) is 17.6. The molecule has 2 heterocycles. The third-order valence-electron chi connectivity index (χ3n) is 4.51. The normalized spacial score (nSPS) is 14.9. The summed E-state index contributed by atoms with van der Waals surface area (Å²) in [7, 11) is 0. The van der Waals surface area contributed by atoms with E-state index in [2.05, 4.69) is 49.9 Å². The molecule has 2 aromatic rings. The molecule has 0 aliphatic carbocycles. The van der Waals surface area contributed by atoms with Gasteiger partial charge in [0.05, 0.1) is 22.1 Å². The van der Waals surface area contributed by atoms with Crippen LogP contribution < -0.4 is 15.5 Å². The highest BCUT2D eigenvalue weighted by Crippen LogP contribution is 2.22. The molecule has 2 N–H and O–H groups in total. The quantitative estimate of drug-likeness (QED) is 0.429. The van der Waals surface area contributed by atoms with E-state index < -0.39 is 0 Å². The van der Waals surface area contributed by atoms with E-state index in [4.69, 9.17) is 11.6 Å². The molecule has 150 valence electrons. The van der Waals surface area contributed by atoms with Gasteiger partial charge in [0.15, 0.2) is 5.96 Å². The summed E-state index contributed by atoms with van der Waals surface area (Å²) in [5.41, 5.74) is 0.491. The number of nitrogens with one attached hydrogen (secondary N) is 2. The first-order valence-electron chi connectivity index (χ1n) is 9.53. The molecule has 1 aliphatic heterocycles.